The van der Waals surface area contributed by atoms with Crippen molar-refractivity contribution in [3.8, 4) is 0 Å². The highest BCUT2D eigenvalue weighted by Gasteiger charge is 2.06. The number of aliphatic hydroxyl groups excluding tert-OH is 1. The van der Waals surface area contributed by atoms with Crippen molar-refractivity contribution in [1.82, 2.24) is 5.32 Å². The lowest BCUT2D eigenvalue weighted by atomic mass is 10.1. The van der Waals surface area contributed by atoms with Crippen LogP contribution in [0.2, 0.25) is 0 Å². The molecule has 0 atom stereocenters. The quantitative estimate of drug-likeness (QED) is 0.268. The summed E-state index contributed by atoms with van der Waals surface area (Å²) in [5.41, 5.74) is 0. The van der Waals surface area contributed by atoms with Gasteiger partial charge in [-0.2, -0.15) is 0 Å². The molecule has 0 aromatic heterocycles. The van der Waals surface area contributed by atoms with Crippen molar-refractivity contribution in [3.63, 3.8) is 0 Å². The highest BCUT2D eigenvalue weighted by atomic mass is 35.5. The van der Waals surface area contributed by atoms with Crippen LogP contribution in [0.1, 0.15) is 12.8 Å². The van der Waals surface area contributed by atoms with E-state index in [-0.39, 0.29) is 12.2 Å². The van der Waals surface area contributed by atoms with Crippen molar-refractivity contribution in [3.05, 3.63) is 0 Å². The number of hydrogen-bond donors (Lipinski definition) is 5. The molecule has 1 rings (SSSR count). The number of nitrogens with two attached hydrogens (primary N) is 1. The third-order valence-electron chi connectivity index (χ3n) is 1.37. The van der Waals surface area contributed by atoms with Crippen LogP contribution in [0.25, 0.3) is 0 Å². The summed E-state index contributed by atoms with van der Waals surface area (Å²) in [6, 6.07) is 0.0694. The van der Waals surface area contributed by atoms with Crippen LogP contribution in [0.15, 0.2) is 0 Å². The monoisotopic (exact) mass is 216 g/mol. The van der Waals surface area contributed by atoms with Gasteiger partial charge in [0.15, 0.2) is 0 Å². The average molecular weight is 217 g/mol. The molecule has 0 spiro atoms. The molecule has 0 unspecified atom stereocenters. The van der Waals surface area contributed by atoms with Gasteiger partial charge in [0.1, 0.15) is 6.07 Å². The average Bonchev–Trinajstić information content (AvgIpc) is 2.22. The number of quaternary nitrogens is 1. The molecule has 6 nitrogen and oxygen atoms in total. The van der Waals surface area contributed by atoms with E-state index in [1.165, 1.54) is 0 Å². The van der Waals surface area contributed by atoms with Crippen LogP contribution in [0, 0.1) is 0 Å². The first-order valence-corrected chi connectivity index (χ1v) is 4.42. The second-order valence-electron chi connectivity index (χ2n) is 2.26. The number of hydrogen-bond acceptors (Lipinski definition) is 5. The summed E-state index contributed by atoms with van der Waals surface area (Å²) in [4.78, 5) is 3.81. The number of nitrogens with one attached hydrogen (secondary N) is 1. The number of piperidine rings is 1. The third kappa shape index (κ3) is 14.9. The molecule has 0 amide bonds. The van der Waals surface area contributed by atoms with Crippen LogP contribution in [0.4, 0.5) is 0 Å². The molecule has 0 aliphatic carbocycles. The van der Waals surface area contributed by atoms with Crippen LogP contribution in [0.3, 0.4) is 0 Å². The molecule has 0 aromatic rings. The van der Waals surface area contributed by atoms with Crippen LogP contribution in [0.5, 0.6) is 0 Å². The Morgan fingerprint density at radius 3 is 2.00 bits per heavy atom. The predicted molar refractivity (Wildman–Crippen MR) is 48.8 cm³/mol. The van der Waals surface area contributed by atoms with Crippen molar-refractivity contribution in [2.75, 3.05) is 19.2 Å². The molecule has 1 aliphatic rings. The van der Waals surface area contributed by atoms with E-state index in [1.807, 2.05) is 0 Å². The molecule has 0 bridgehead atoms. The first-order valence-electron chi connectivity index (χ1n) is 3.89. The first-order chi connectivity index (χ1) is 6.31. The molecular weight excluding hydrogens is 198 g/mol. The van der Waals surface area contributed by atoms with Crippen molar-refractivity contribution >= 4 is 11.6 Å². The molecule has 0 aromatic carbocycles. The highest BCUT2D eigenvalue weighted by molar-refractivity contribution is 6.17. The van der Waals surface area contributed by atoms with E-state index >= 15 is 0 Å². The van der Waals surface area contributed by atoms with Crippen molar-refractivity contribution in [2.45, 2.75) is 18.9 Å². The fraction of sp³-hybridized carbons (Fsp3) is 1.00. The Morgan fingerprint density at radius 1 is 1.46 bits per heavy atom. The Morgan fingerprint density at radius 2 is 1.85 bits per heavy atom. The summed E-state index contributed by atoms with van der Waals surface area (Å²) in [6.07, 6.45) is 1.83. The van der Waals surface area contributed by atoms with E-state index in [0.29, 0.717) is 0 Å². The lowest BCUT2D eigenvalue weighted by Crippen LogP contribution is -2.42. The Labute approximate surface area is 82.7 Å². The van der Waals surface area contributed by atoms with E-state index in [1.54, 1.807) is 0 Å². The SMILES string of the molecule is NOCCl.OC1CCNCC1.[NH3+]O. The molecule has 1 saturated heterocycles. The van der Waals surface area contributed by atoms with Gasteiger partial charge in [-0.15, -0.1) is 0 Å². The maximum absolute atomic E-state index is 8.87. The Balaban J connectivity index is 0. The number of rotatable bonds is 1. The summed E-state index contributed by atoms with van der Waals surface area (Å²) in [6.45, 7) is 1.97. The lowest BCUT2D eigenvalue weighted by molar-refractivity contribution is -0.670. The lowest BCUT2D eigenvalue weighted by Gasteiger charge is -2.16. The molecule has 13 heavy (non-hydrogen) atoms. The smallest absolute Gasteiger partial charge is 0.142 e. The van der Waals surface area contributed by atoms with E-state index in [0.717, 1.165) is 25.9 Å². The molecule has 0 radical (unpaired) electrons. The van der Waals surface area contributed by atoms with Crippen LogP contribution in [-0.4, -0.2) is 35.6 Å². The fourth-order valence-corrected chi connectivity index (χ4v) is 0.807. The van der Waals surface area contributed by atoms with Gasteiger partial charge in [0.2, 0.25) is 0 Å². The second-order valence-corrected chi connectivity index (χ2v) is 2.48. The predicted octanol–water partition coefficient (Wildman–Crippen LogP) is -1.58. The summed E-state index contributed by atoms with van der Waals surface area (Å²) in [5.74, 6) is 6.65. The minimum absolute atomic E-state index is 0.0266. The normalized spacial score (nSPS) is 16.4. The number of halogens is 1. The summed E-state index contributed by atoms with van der Waals surface area (Å²) < 4.78 is 0. The molecule has 1 fully saturated rings. The van der Waals surface area contributed by atoms with Gasteiger partial charge < -0.3 is 10.4 Å². The maximum atomic E-state index is 8.87. The molecule has 8 N–H and O–H groups in total. The van der Waals surface area contributed by atoms with Gasteiger partial charge >= 0.3 is 0 Å². The highest BCUT2D eigenvalue weighted by Crippen LogP contribution is 1.99. The number of aliphatic hydroxyl groups is 1. The van der Waals surface area contributed by atoms with Crippen molar-refractivity contribution < 1.29 is 21.0 Å². The molecule has 7 heteroatoms. The third-order valence-corrected chi connectivity index (χ3v) is 1.50. The zero-order valence-corrected chi connectivity index (χ0v) is 8.33. The molecule has 1 heterocycles. The summed E-state index contributed by atoms with van der Waals surface area (Å²) in [7, 11) is 0. The van der Waals surface area contributed by atoms with E-state index in [2.05, 4.69) is 21.9 Å². The van der Waals surface area contributed by atoms with Gasteiger partial charge in [0, 0.05) is 0 Å². The second kappa shape index (κ2) is 14.6. The molecular formula is C6H19ClN3O3+. The van der Waals surface area contributed by atoms with E-state index < -0.39 is 0 Å². The number of alkyl halides is 1. The largest absolute Gasteiger partial charge is 0.393 e. The van der Waals surface area contributed by atoms with Crippen LogP contribution < -0.4 is 17.1 Å². The van der Waals surface area contributed by atoms with Crippen LogP contribution in [-0.2, 0) is 4.84 Å². The van der Waals surface area contributed by atoms with Gasteiger partial charge in [-0.05, 0) is 25.9 Å². The van der Waals surface area contributed by atoms with Gasteiger partial charge in [-0.25, -0.2) is 17.0 Å². The van der Waals surface area contributed by atoms with E-state index in [9.17, 15) is 0 Å². The Bertz CT molecular complexity index is 81.5. The first kappa shape index (κ1) is 15.5. The van der Waals surface area contributed by atoms with Gasteiger partial charge in [0.25, 0.3) is 0 Å². The molecule has 0 saturated carbocycles. The van der Waals surface area contributed by atoms with Crippen molar-refractivity contribution in [1.29, 1.82) is 0 Å². The summed E-state index contributed by atoms with van der Waals surface area (Å²) >= 11 is 4.84. The minimum Gasteiger partial charge on any atom is -0.393 e. The van der Waals surface area contributed by atoms with Crippen molar-refractivity contribution in [2.24, 2.45) is 5.90 Å². The summed E-state index contributed by atoms with van der Waals surface area (Å²) in [5, 5.41) is 18.8. The molecule has 82 valence electrons. The molecule has 1 aliphatic heterocycles. The maximum Gasteiger partial charge on any atom is 0.142 e. The topological polar surface area (TPSA) is 115 Å². The Kier molecular flexibility index (Phi) is 17.4. The zero-order chi connectivity index (χ0) is 10.5. The standard InChI is InChI=1S/C5H11NO.CH4ClNO.H4NO/c7-5-1-3-6-4-2-5;2-1-4-3;1-2/h5-7H,1-4H2;1,3H2;2H,1H3/q;;+1. The van der Waals surface area contributed by atoms with Gasteiger partial charge in [-0.3, -0.25) is 4.84 Å². The zero-order valence-electron chi connectivity index (χ0n) is 7.58. The fourth-order valence-electron chi connectivity index (χ4n) is 0.807. The van der Waals surface area contributed by atoms with Crippen LogP contribution >= 0.6 is 11.6 Å². The van der Waals surface area contributed by atoms with E-state index in [4.69, 9.17) is 21.9 Å². The van der Waals surface area contributed by atoms with Gasteiger partial charge in [-0.1, -0.05) is 11.6 Å². The Hall–Kier alpha value is 0.0500. The van der Waals surface area contributed by atoms with Gasteiger partial charge in [0.05, 0.1) is 6.10 Å². The minimum atomic E-state index is -0.0266.